The van der Waals surface area contributed by atoms with E-state index in [4.69, 9.17) is 19.7 Å². The molecule has 7 nitrogen and oxygen atoms in total. The molecule has 1 saturated heterocycles. The number of hydrogen-bond donors (Lipinski definition) is 1. The zero-order valence-corrected chi connectivity index (χ0v) is 15.4. The average molecular weight is 369 g/mol. The molecular formula is C17H25ClN4O3. The van der Waals surface area contributed by atoms with Crippen molar-refractivity contribution in [3.8, 4) is 17.1 Å². The summed E-state index contributed by atoms with van der Waals surface area (Å²) in [5.74, 6) is 1.99. The molecule has 1 aliphatic heterocycles. The smallest absolute Gasteiger partial charge is 0.241 e. The maximum Gasteiger partial charge on any atom is 0.241 e. The molecule has 1 aromatic heterocycles. The van der Waals surface area contributed by atoms with Crippen LogP contribution >= 0.6 is 12.4 Å². The van der Waals surface area contributed by atoms with E-state index >= 15 is 0 Å². The highest BCUT2D eigenvalue weighted by Gasteiger charge is 2.28. The SMILES string of the molecule is COc1ccc(-c2noc(CN3CCC(OC)CC3CN)n2)cc1.Cl. The number of benzene rings is 1. The van der Waals surface area contributed by atoms with Crippen molar-refractivity contribution in [1.82, 2.24) is 15.0 Å². The Kier molecular flexibility index (Phi) is 7.19. The van der Waals surface area contributed by atoms with Gasteiger partial charge in [0.25, 0.3) is 0 Å². The van der Waals surface area contributed by atoms with Gasteiger partial charge in [0.15, 0.2) is 0 Å². The standard InChI is InChI=1S/C17H24N4O3.ClH/c1-22-14-5-3-12(4-6-14)17-19-16(24-20-17)11-21-8-7-15(23-2)9-13(21)10-18;/h3-6,13,15H,7-11,18H2,1-2H3;1H. The monoisotopic (exact) mass is 368 g/mol. The summed E-state index contributed by atoms with van der Waals surface area (Å²) in [6.45, 7) is 2.13. The fraction of sp³-hybridized carbons (Fsp3) is 0.529. The lowest BCUT2D eigenvalue weighted by Crippen LogP contribution is -2.48. The maximum absolute atomic E-state index is 5.91. The fourth-order valence-electron chi connectivity index (χ4n) is 3.08. The van der Waals surface area contributed by atoms with Gasteiger partial charge in [-0.2, -0.15) is 4.98 Å². The van der Waals surface area contributed by atoms with Crippen molar-refractivity contribution >= 4 is 12.4 Å². The van der Waals surface area contributed by atoms with Crippen LogP contribution in [0.15, 0.2) is 28.8 Å². The first-order chi connectivity index (χ1) is 11.7. The van der Waals surface area contributed by atoms with Crippen molar-refractivity contribution < 1.29 is 14.0 Å². The molecule has 0 spiro atoms. The van der Waals surface area contributed by atoms with E-state index in [1.165, 1.54) is 0 Å². The topological polar surface area (TPSA) is 86.6 Å². The van der Waals surface area contributed by atoms with Crippen LogP contribution in [0.4, 0.5) is 0 Å². The molecular weight excluding hydrogens is 344 g/mol. The quantitative estimate of drug-likeness (QED) is 0.835. The third-order valence-corrected chi connectivity index (χ3v) is 4.55. The van der Waals surface area contributed by atoms with E-state index < -0.39 is 0 Å². The molecule has 0 radical (unpaired) electrons. The van der Waals surface area contributed by atoms with Gasteiger partial charge < -0.3 is 19.7 Å². The van der Waals surface area contributed by atoms with Gasteiger partial charge in [-0.3, -0.25) is 4.90 Å². The highest BCUT2D eigenvalue weighted by atomic mass is 35.5. The predicted octanol–water partition coefficient (Wildman–Crippen LogP) is 2.11. The minimum atomic E-state index is 0. The van der Waals surface area contributed by atoms with Crippen molar-refractivity contribution in [3.05, 3.63) is 30.2 Å². The van der Waals surface area contributed by atoms with Crippen LogP contribution in [0.25, 0.3) is 11.4 Å². The predicted molar refractivity (Wildman–Crippen MR) is 96.8 cm³/mol. The van der Waals surface area contributed by atoms with E-state index in [-0.39, 0.29) is 24.6 Å². The van der Waals surface area contributed by atoms with Crippen molar-refractivity contribution in [1.29, 1.82) is 0 Å². The first-order valence-electron chi connectivity index (χ1n) is 8.17. The van der Waals surface area contributed by atoms with Gasteiger partial charge in [0.2, 0.25) is 11.7 Å². The summed E-state index contributed by atoms with van der Waals surface area (Å²) in [4.78, 5) is 6.80. The van der Waals surface area contributed by atoms with E-state index in [1.807, 2.05) is 24.3 Å². The van der Waals surface area contributed by atoms with Gasteiger partial charge in [0.1, 0.15) is 5.75 Å². The number of nitrogens with zero attached hydrogens (tertiary/aromatic N) is 3. The second kappa shape index (κ2) is 9.15. The Morgan fingerprint density at radius 2 is 2.04 bits per heavy atom. The summed E-state index contributed by atoms with van der Waals surface area (Å²) < 4.78 is 16.0. The van der Waals surface area contributed by atoms with Crippen LogP contribution in [-0.4, -0.2) is 54.5 Å². The molecule has 0 aliphatic carbocycles. The van der Waals surface area contributed by atoms with Gasteiger partial charge in [0, 0.05) is 31.8 Å². The van der Waals surface area contributed by atoms with Gasteiger partial charge in [-0.15, -0.1) is 12.4 Å². The van der Waals surface area contributed by atoms with Crippen LogP contribution in [0.1, 0.15) is 18.7 Å². The summed E-state index contributed by atoms with van der Waals surface area (Å²) in [7, 11) is 3.40. The van der Waals surface area contributed by atoms with E-state index in [0.29, 0.717) is 24.8 Å². The van der Waals surface area contributed by atoms with E-state index in [9.17, 15) is 0 Å². The van der Waals surface area contributed by atoms with Gasteiger partial charge in [-0.1, -0.05) is 5.16 Å². The Hall–Kier alpha value is -1.67. The Bertz CT molecular complexity index is 650. The Balaban J connectivity index is 0.00000225. The Morgan fingerprint density at radius 3 is 2.68 bits per heavy atom. The van der Waals surface area contributed by atoms with Crippen molar-refractivity contribution in [2.45, 2.75) is 31.5 Å². The molecule has 2 unspecified atom stereocenters. The normalized spacial score (nSPS) is 20.9. The molecule has 3 rings (SSSR count). The summed E-state index contributed by atoms with van der Waals surface area (Å²) in [6, 6.07) is 7.87. The number of piperidine rings is 1. The van der Waals surface area contributed by atoms with Crippen LogP contribution in [0.3, 0.4) is 0 Å². The fourth-order valence-corrected chi connectivity index (χ4v) is 3.08. The molecule has 2 N–H and O–H groups in total. The van der Waals surface area contributed by atoms with Crippen molar-refractivity contribution in [2.24, 2.45) is 5.73 Å². The summed E-state index contributed by atoms with van der Waals surface area (Å²) in [5, 5.41) is 4.08. The molecule has 1 fully saturated rings. The summed E-state index contributed by atoms with van der Waals surface area (Å²) in [5.41, 5.74) is 6.81. The lowest BCUT2D eigenvalue weighted by molar-refractivity contribution is 0.00676. The average Bonchev–Trinajstić information content (AvgIpc) is 3.10. The second-order valence-corrected chi connectivity index (χ2v) is 5.98. The largest absolute Gasteiger partial charge is 0.497 e. The molecule has 0 bridgehead atoms. The molecule has 8 heteroatoms. The third-order valence-electron chi connectivity index (χ3n) is 4.55. The molecule has 0 amide bonds. The highest BCUT2D eigenvalue weighted by Crippen LogP contribution is 2.23. The van der Waals surface area contributed by atoms with Crippen molar-refractivity contribution in [3.63, 3.8) is 0 Å². The lowest BCUT2D eigenvalue weighted by atomic mass is 9.99. The second-order valence-electron chi connectivity index (χ2n) is 5.98. The number of nitrogens with two attached hydrogens (primary N) is 1. The molecule has 1 aliphatic rings. The molecule has 2 heterocycles. The number of hydrogen-bond acceptors (Lipinski definition) is 7. The summed E-state index contributed by atoms with van der Waals surface area (Å²) in [6.07, 6.45) is 2.21. The Morgan fingerprint density at radius 1 is 1.28 bits per heavy atom. The van der Waals surface area contributed by atoms with Crippen LogP contribution in [0.2, 0.25) is 0 Å². The van der Waals surface area contributed by atoms with Gasteiger partial charge in [0.05, 0.1) is 19.8 Å². The number of halogens is 1. The summed E-state index contributed by atoms with van der Waals surface area (Å²) >= 11 is 0. The minimum Gasteiger partial charge on any atom is -0.497 e. The van der Waals surface area contributed by atoms with Gasteiger partial charge in [-0.05, 0) is 37.1 Å². The number of likely N-dealkylation sites (tertiary alicyclic amines) is 1. The molecule has 25 heavy (non-hydrogen) atoms. The number of aromatic nitrogens is 2. The molecule has 2 aromatic rings. The van der Waals surface area contributed by atoms with Gasteiger partial charge in [-0.25, -0.2) is 0 Å². The number of methoxy groups -OCH3 is 2. The van der Waals surface area contributed by atoms with E-state index in [0.717, 1.165) is 30.7 Å². The van der Waals surface area contributed by atoms with Crippen molar-refractivity contribution in [2.75, 3.05) is 27.3 Å². The van der Waals surface area contributed by atoms with Gasteiger partial charge >= 0.3 is 0 Å². The molecule has 2 atom stereocenters. The van der Waals surface area contributed by atoms with Crippen LogP contribution < -0.4 is 10.5 Å². The first kappa shape index (κ1) is 19.7. The molecule has 1 aromatic carbocycles. The van der Waals surface area contributed by atoms with Crippen LogP contribution in [0.5, 0.6) is 5.75 Å². The zero-order chi connectivity index (χ0) is 16.9. The van der Waals surface area contributed by atoms with E-state index in [2.05, 4.69) is 15.0 Å². The maximum atomic E-state index is 5.91. The van der Waals surface area contributed by atoms with Crippen LogP contribution in [-0.2, 0) is 11.3 Å². The first-order valence-corrected chi connectivity index (χ1v) is 8.17. The van der Waals surface area contributed by atoms with E-state index in [1.54, 1.807) is 14.2 Å². The zero-order valence-electron chi connectivity index (χ0n) is 14.6. The lowest BCUT2D eigenvalue weighted by Gasteiger charge is -2.37. The Labute approximate surface area is 153 Å². The number of ether oxygens (including phenoxy) is 2. The number of rotatable bonds is 6. The molecule has 0 saturated carbocycles. The minimum absolute atomic E-state index is 0. The highest BCUT2D eigenvalue weighted by molar-refractivity contribution is 5.85. The van der Waals surface area contributed by atoms with Crippen LogP contribution in [0, 0.1) is 0 Å². The molecule has 138 valence electrons. The third kappa shape index (κ3) is 4.70.